The molecule has 0 spiro atoms. The molecule has 3 nitrogen and oxygen atoms in total. The monoisotopic (exact) mass is 166 g/mol. The second-order valence-corrected chi connectivity index (χ2v) is 3.89. The second-order valence-electron chi connectivity index (χ2n) is 3.89. The van der Waals surface area contributed by atoms with Gasteiger partial charge in [-0.25, -0.2) is 0 Å². The van der Waals surface area contributed by atoms with E-state index < -0.39 is 17.4 Å². The van der Waals surface area contributed by atoms with Crippen LogP contribution in [0.4, 0.5) is 0 Å². The van der Waals surface area contributed by atoms with Crippen molar-refractivity contribution in [2.75, 3.05) is 6.61 Å². The zero-order chi connectivity index (χ0) is 8.93. The lowest BCUT2D eigenvalue weighted by atomic mass is 9.62. The quantitative estimate of drug-likeness (QED) is 0.403. The summed E-state index contributed by atoms with van der Waals surface area (Å²) in [6.45, 7) is 2.28. The average Bonchev–Trinajstić information content (AvgIpc) is 2.41. The molecule has 4 heteroatoms. The van der Waals surface area contributed by atoms with Crippen molar-refractivity contribution < 1.29 is 14.6 Å². The number of fused-ring (bicyclic) bond motifs is 1. The first-order chi connectivity index (χ1) is 5.56. The van der Waals surface area contributed by atoms with Gasteiger partial charge in [-0.3, -0.25) is 4.79 Å². The fourth-order valence-corrected chi connectivity index (χ4v) is 2.28. The van der Waals surface area contributed by atoms with Crippen LogP contribution in [0.15, 0.2) is 0 Å². The van der Waals surface area contributed by atoms with Gasteiger partial charge in [0.1, 0.15) is 0 Å². The number of carbonyl (C=O) groups excluding carboxylic acids is 1. The number of hydrogen-bond acceptors (Lipinski definition) is 3. The summed E-state index contributed by atoms with van der Waals surface area (Å²) in [7, 11) is 5.82. The first-order valence-electron chi connectivity index (χ1n) is 4.21. The zero-order valence-electron chi connectivity index (χ0n) is 6.99. The summed E-state index contributed by atoms with van der Waals surface area (Å²) in [6.07, 6.45) is 0.0427. The summed E-state index contributed by atoms with van der Waals surface area (Å²) >= 11 is 0. The predicted molar refractivity (Wildman–Crippen MR) is 42.7 cm³/mol. The summed E-state index contributed by atoms with van der Waals surface area (Å²) in [6, 6.07) is 0. The van der Waals surface area contributed by atoms with Gasteiger partial charge in [-0.1, -0.05) is 6.92 Å². The van der Waals surface area contributed by atoms with Crippen LogP contribution in [0.25, 0.3) is 0 Å². The van der Waals surface area contributed by atoms with E-state index in [0.29, 0.717) is 6.61 Å². The maximum Gasteiger partial charge on any atom is 0.306 e. The molecule has 0 bridgehead atoms. The molecule has 2 rings (SSSR count). The normalized spacial score (nSPS) is 52.2. The Balaban J connectivity index is 2.34. The Hall–Kier alpha value is -0.505. The molecular weight excluding hydrogens is 155 g/mol. The molecule has 1 unspecified atom stereocenters. The average molecular weight is 166 g/mol. The van der Waals surface area contributed by atoms with E-state index in [1.165, 1.54) is 0 Å². The van der Waals surface area contributed by atoms with Gasteiger partial charge < -0.3 is 9.84 Å². The van der Waals surface area contributed by atoms with Gasteiger partial charge in [0, 0.05) is 5.92 Å². The Kier molecular flexibility index (Phi) is 1.52. The molecule has 2 aliphatic rings. The van der Waals surface area contributed by atoms with Crippen LogP contribution in [0.5, 0.6) is 0 Å². The molecule has 1 saturated heterocycles. The topological polar surface area (TPSA) is 46.5 Å². The highest BCUT2D eigenvalue weighted by atomic mass is 16.5. The van der Waals surface area contributed by atoms with Gasteiger partial charge >= 0.3 is 5.97 Å². The largest absolute Gasteiger partial charge is 0.465 e. The Morgan fingerprint density at radius 1 is 1.75 bits per heavy atom. The van der Waals surface area contributed by atoms with E-state index in [4.69, 9.17) is 12.6 Å². The summed E-state index contributed by atoms with van der Waals surface area (Å²) in [5.74, 6) is -0.327. The van der Waals surface area contributed by atoms with Crippen molar-refractivity contribution in [2.24, 2.45) is 11.8 Å². The minimum absolute atomic E-state index is 0.00926. The van der Waals surface area contributed by atoms with Crippen LogP contribution < -0.4 is 0 Å². The summed E-state index contributed by atoms with van der Waals surface area (Å²) in [5, 5.41) is 8.56. The molecule has 0 aromatic carbocycles. The number of carbonyl (C=O) groups is 1. The van der Waals surface area contributed by atoms with E-state index >= 15 is 0 Å². The van der Waals surface area contributed by atoms with Gasteiger partial charge in [-0.15, -0.1) is 0 Å². The van der Waals surface area contributed by atoms with Gasteiger partial charge in [-0.2, -0.15) is 0 Å². The Morgan fingerprint density at radius 2 is 2.42 bits per heavy atom. The molecule has 1 saturated carbocycles. The Bertz CT molecular complexity index is 226. The van der Waals surface area contributed by atoms with Gasteiger partial charge in [0.15, 0.2) is 0 Å². The number of hydrogen-bond donors (Lipinski definition) is 1. The van der Waals surface area contributed by atoms with Crippen molar-refractivity contribution in [1.29, 1.82) is 0 Å². The molecule has 1 aliphatic heterocycles. The third-order valence-corrected chi connectivity index (χ3v) is 3.13. The highest BCUT2D eigenvalue weighted by molar-refractivity contribution is 6.28. The zero-order valence-corrected chi connectivity index (χ0v) is 6.99. The first kappa shape index (κ1) is 8.11. The van der Waals surface area contributed by atoms with Gasteiger partial charge in [0.2, 0.25) is 0 Å². The number of aliphatic hydroxyl groups excluding tert-OH is 1. The van der Waals surface area contributed by atoms with Crippen LogP contribution in [0.2, 0.25) is 5.31 Å². The van der Waals surface area contributed by atoms with Crippen LogP contribution in [-0.2, 0) is 9.53 Å². The van der Waals surface area contributed by atoms with Crippen LogP contribution >= 0.6 is 0 Å². The molecule has 1 heterocycles. The smallest absolute Gasteiger partial charge is 0.306 e. The molecular formula is C8H11BO3. The maximum absolute atomic E-state index is 11.2. The maximum atomic E-state index is 11.2. The lowest BCUT2D eigenvalue weighted by Gasteiger charge is -2.24. The molecule has 64 valence electrons. The van der Waals surface area contributed by atoms with Crippen molar-refractivity contribution in [3.63, 3.8) is 0 Å². The Morgan fingerprint density at radius 3 is 3.00 bits per heavy atom. The van der Waals surface area contributed by atoms with Crippen molar-refractivity contribution in [3.8, 4) is 0 Å². The number of esters is 1. The molecule has 0 aromatic rings. The SMILES string of the molecule is [B][C@]12C(=O)OC[C@H]1C[C@@H](C)C2O. The van der Waals surface area contributed by atoms with Crippen molar-refractivity contribution in [1.82, 2.24) is 0 Å². The van der Waals surface area contributed by atoms with Crippen molar-refractivity contribution >= 4 is 13.8 Å². The minimum atomic E-state index is -1.11. The van der Waals surface area contributed by atoms with Gasteiger partial charge in [-0.05, 0) is 12.3 Å². The number of cyclic esters (lactones) is 1. The van der Waals surface area contributed by atoms with E-state index in [1.54, 1.807) is 0 Å². The molecule has 4 atom stereocenters. The lowest BCUT2D eigenvalue weighted by Crippen LogP contribution is -2.34. The fraction of sp³-hybridized carbons (Fsp3) is 0.875. The molecule has 2 fully saturated rings. The molecule has 1 aliphatic carbocycles. The second kappa shape index (κ2) is 2.25. The third kappa shape index (κ3) is 0.737. The lowest BCUT2D eigenvalue weighted by molar-refractivity contribution is -0.143. The molecule has 0 aromatic heterocycles. The molecule has 2 radical (unpaired) electrons. The number of rotatable bonds is 0. The summed E-state index contributed by atoms with van der Waals surface area (Å²) in [4.78, 5) is 11.2. The first-order valence-corrected chi connectivity index (χ1v) is 4.21. The number of ether oxygens (including phenoxy) is 1. The van der Waals surface area contributed by atoms with Crippen LogP contribution in [0.1, 0.15) is 13.3 Å². The Labute approximate surface area is 72.5 Å². The van der Waals surface area contributed by atoms with Crippen molar-refractivity contribution in [3.05, 3.63) is 0 Å². The van der Waals surface area contributed by atoms with E-state index in [1.807, 2.05) is 6.92 Å². The van der Waals surface area contributed by atoms with Gasteiger partial charge in [0.05, 0.1) is 25.9 Å². The highest BCUT2D eigenvalue weighted by Gasteiger charge is 2.58. The minimum Gasteiger partial charge on any atom is -0.465 e. The van der Waals surface area contributed by atoms with E-state index in [-0.39, 0.29) is 11.8 Å². The fourth-order valence-electron chi connectivity index (χ4n) is 2.28. The van der Waals surface area contributed by atoms with Crippen LogP contribution in [0.3, 0.4) is 0 Å². The van der Waals surface area contributed by atoms with Crippen molar-refractivity contribution in [2.45, 2.75) is 24.8 Å². The molecule has 12 heavy (non-hydrogen) atoms. The number of aliphatic hydroxyl groups is 1. The highest BCUT2D eigenvalue weighted by Crippen LogP contribution is 2.54. The molecule has 1 N–H and O–H groups in total. The third-order valence-electron chi connectivity index (χ3n) is 3.13. The molecule has 0 amide bonds. The van der Waals surface area contributed by atoms with E-state index in [2.05, 4.69) is 0 Å². The van der Waals surface area contributed by atoms with E-state index in [0.717, 1.165) is 6.42 Å². The standard InChI is InChI=1S/C8H11BO3/c1-4-2-5-3-12-7(11)8(5,9)6(4)10/h4-6,10H,2-3H2,1H3/t4-,5-,6?,8-/m1/s1. The van der Waals surface area contributed by atoms with E-state index in [9.17, 15) is 9.90 Å². The summed E-state index contributed by atoms with van der Waals surface area (Å²) < 4.78 is 4.82. The van der Waals surface area contributed by atoms with Crippen LogP contribution in [-0.4, -0.2) is 31.6 Å². The predicted octanol–water partition coefficient (Wildman–Crippen LogP) is -0.113. The van der Waals surface area contributed by atoms with Gasteiger partial charge in [0.25, 0.3) is 0 Å². The van der Waals surface area contributed by atoms with Crippen LogP contribution in [0, 0.1) is 11.8 Å². The summed E-state index contributed by atoms with van der Waals surface area (Å²) in [5.41, 5.74) is 0.